The molecule has 0 fully saturated rings. The van der Waals surface area contributed by atoms with Gasteiger partial charge < -0.3 is 55.3 Å². The van der Waals surface area contributed by atoms with E-state index in [-0.39, 0.29) is 21.4 Å². The largest absolute Gasteiger partial charge is 0.785 e. The summed E-state index contributed by atoms with van der Waals surface area (Å²) in [7, 11) is 0. The van der Waals surface area contributed by atoms with Crippen LogP contribution >= 0.6 is 0 Å². The maximum atomic E-state index is 11.3. The third-order valence-electron chi connectivity index (χ3n) is 3.31. The van der Waals surface area contributed by atoms with E-state index in [1.807, 2.05) is 67.6 Å². The van der Waals surface area contributed by atoms with E-state index in [4.69, 9.17) is 55.3 Å². The number of benzene rings is 2. The molecule has 0 radical (unpaired) electrons. The first-order valence-electron chi connectivity index (χ1n) is 8.35. The Morgan fingerprint density at radius 3 is 1.61 bits per heavy atom. The number of esters is 1. The summed E-state index contributed by atoms with van der Waals surface area (Å²) in [4.78, 5) is 13.4. The molecule has 0 spiro atoms. The molecule has 0 aliphatic carbocycles. The average molecular weight is 491 g/mol. The molecule has 0 aliphatic heterocycles. The van der Waals surface area contributed by atoms with Crippen LogP contribution in [0.2, 0.25) is 0 Å². The molecule has 28 heavy (non-hydrogen) atoms. The van der Waals surface area contributed by atoms with Crippen LogP contribution in [0.5, 0.6) is 0 Å². The molecule has 0 bridgehead atoms. The predicted molar refractivity (Wildman–Crippen MR) is 123 cm³/mol. The van der Waals surface area contributed by atoms with Crippen LogP contribution in [0.1, 0.15) is 31.4 Å². The first-order valence-corrected chi connectivity index (χ1v) is 9.99. The standard InChI is InChI=1S/C11H12O2S2.C10H12S2.Ni/c1-2-13-11(12)10(15)9(14)8-6-4-3-5-7-8;1-2-9(11)10(12)8-6-4-3-5-7-8;/h3-7,14-15H,2H2,1H3;3-7,11-12H,2H2,1H3;/p-4/b2*10-9-;. The van der Waals surface area contributed by atoms with Crippen LogP contribution in [-0.4, -0.2) is 12.6 Å². The first-order chi connectivity index (χ1) is 12.9. The van der Waals surface area contributed by atoms with E-state index in [0.717, 1.165) is 27.4 Å². The van der Waals surface area contributed by atoms with E-state index in [9.17, 15) is 4.79 Å². The number of hydrogen-bond donors (Lipinski definition) is 0. The van der Waals surface area contributed by atoms with Gasteiger partial charge in [-0.2, -0.15) is 9.81 Å². The summed E-state index contributed by atoms with van der Waals surface area (Å²) in [6.07, 6.45) is 0.850. The van der Waals surface area contributed by atoms with Gasteiger partial charge in [0, 0.05) is 16.5 Å². The Kier molecular flexibility index (Phi) is 14.1. The summed E-state index contributed by atoms with van der Waals surface area (Å²) in [5.74, 6) is -0.527. The Bertz CT molecular complexity index is 791. The molecule has 0 heterocycles. The van der Waals surface area contributed by atoms with Gasteiger partial charge in [0.05, 0.1) is 6.61 Å². The van der Waals surface area contributed by atoms with Crippen molar-refractivity contribution in [2.75, 3.05) is 6.61 Å². The van der Waals surface area contributed by atoms with Crippen molar-refractivity contribution in [2.45, 2.75) is 20.3 Å². The van der Waals surface area contributed by atoms with Crippen LogP contribution in [0.25, 0.3) is 9.81 Å². The molecule has 2 nitrogen and oxygen atoms in total. The molecule has 0 N–H and O–H groups in total. The number of carbonyl (C=O) groups is 1. The van der Waals surface area contributed by atoms with E-state index < -0.39 is 5.97 Å². The van der Waals surface area contributed by atoms with E-state index in [1.54, 1.807) is 6.92 Å². The molecule has 0 aromatic heterocycles. The summed E-state index contributed by atoms with van der Waals surface area (Å²) >= 11 is 20.3. The zero-order valence-corrected chi connectivity index (χ0v) is 19.7. The van der Waals surface area contributed by atoms with Crippen LogP contribution in [-0.2, 0) is 76.5 Å². The summed E-state index contributed by atoms with van der Waals surface area (Å²) in [5, 5.41) is 0. The maximum Gasteiger partial charge on any atom is 0.309 e. The Labute approximate surface area is 199 Å². The number of hydrogen-bond acceptors (Lipinski definition) is 6. The molecule has 7 heteroatoms. The summed E-state index contributed by atoms with van der Waals surface area (Å²) in [6.45, 7) is 4.06. The van der Waals surface area contributed by atoms with Crippen LogP contribution in [0.15, 0.2) is 70.5 Å². The van der Waals surface area contributed by atoms with Gasteiger partial charge in [-0.25, -0.2) is 9.70 Å². The minimum Gasteiger partial charge on any atom is -0.785 e. The fraction of sp³-hybridized carbons (Fsp3) is 0.190. The minimum atomic E-state index is -0.527. The Hall–Kier alpha value is -1.24. The number of ether oxygens (including phenoxy) is 1. The van der Waals surface area contributed by atoms with Crippen molar-refractivity contribution in [1.29, 1.82) is 0 Å². The topological polar surface area (TPSA) is 26.3 Å². The third kappa shape index (κ3) is 8.84. The van der Waals surface area contributed by atoms with E-state index in [0.29, 0.717) is 11.5 Å². The van der Waals surface area contributed by atoms with Crippen molar-refractivity contribution in [3.63, 3.8) is 0 Å². The average Bonchev–Trinajstić information content (AvgIpc) is 2.73. The Morgan fingerprint density at radius 1 is 0.786 bits per heavy atom. The van der Waals surface area contributed by atoms with Gasteiger partial charge in [-0.05, 0) is 18.1 Å². The molecule has 0 atom stereocenters. The zero-order valence-electron chi connectivity index (χ0n) is 15.5. The van der Waals surface area contributed by atoms with Gasteiger partial charge in [0.1, 0.15) is 0 Å². The second kappa shape index (κ2) is 14.7. The van der Waals surface area contributed by atoms with Gasteiger partial charge in [0.25, 0.3) is 0 Å². The van der Waals surface area contributed by atoms with E-state index >= 15 is 0 Å². The summed E-state index contributed by atoms with van der Waals surface area (Å²) < 4.78 is 4.78. The van der Waals surface area contributed by atoms with Crippen LogP contribution in [0.3, 0.4) is 0 Å². The van der Waals surface area contributed by atoms with Crippen molar-refractivity contribution in [3.8, 4) is 0 Å². The zero-order chi connectivity index (χ0) is 20.2. The van der Waals surface area contributed by atoms with Crippen molar-refractivity contribution < 1.29 is 26.0 Å². The Balaban J connectivity index is 0.000000514. The van der Waals surface area contributed by atoms with Crippen molar-refractivity contribution >= 4 is 66.3 Å². The molecule has 2 aromatic rings. The summed E-state index contributed by atoms with van der Waals surface area (Å²) in [5.41, 5.74) is 1.82. The van der Waals surface area contributed by atoms with Crippen LogP contribution < -0.4 is 0 Å². The second-order valence-corrected chi connectivity index (χ2v) is 6.93. The quantitative estimate of drug-likeness (QED) is 0.257. The monoisotopic (exact) mass is 490 g/mol. The molecule has 2 aromatic carbocycles. The van der Waals surface area contributed by atoms with Crippen LogP contribution in [0, 0.1) is 0 Å². The van der Waals surface area contributed by atoms with Gasteiger partial charge in [0.15, 0.2) is 0 Å². The normalized spacial score (nSPS) is 11.6. The van der Waals surface area contributed by atoms with Gasteiger partial charge in [-0.1, -0.05) is 74.0 Å². The van der Waals surface area contributed by atoms with Crippen molar-refractivity contribution in [3.05, 3.63) is 81.6 Å². The second-order valence-electron chi connectivity index (χ2n) is 5.22. The number of allylic oxidation sites excluding steroid dienone is 1. The van der Waals surface area contributed by atoms with E-state index in [2.05, 4.69) is 0 Å². The fourth-order valence-corrected chi connectivity index (χ4v) is 2.72. The molecule has 0 unspecified atom stereocenters. The third-order valence-corrected chi connectivity index (χ3v) is 5.36. The molecule has 0 aliphatic rings. The smallest absolute Gasteiger partial charge is 0.309 e. The number of rotatable bonds is 5. The predicted octanol–water partition coefficient (Wildman–Crippen LogP) is 4.87. The number of carbonyl (C=O) groups excluding carboxylic acids is 1. The molecular weight excluding hydrogens is 471 g/mol. The molecule has 2 rings (SSSR count). The summed E-state index contributed by atoms with van der Waals surface area (Å²) in [6, 6.07) is 19.1. The first kappa shape index (κ1) is 26.8. The minimum absolute atomic E-state index is 0. The molecular formula is C21H20NiO2S4-4. The van der Waals surface area contributed by atoms with Crippen LogP contribution in [0.4, 0.5) is 0 Å². The van der Waals surface area contributed by atoms with E-state index in [1.165, 1.54) is 0 Å². The van der Waals surface area contributed by atoms with Crippen molar-refractivity contribution in [1.82, 2.24) is 0 Å². The molecule has 154 valence electrons. The maximum absolute atomic E-state index is 11.3. The van der Waals surface area contributed by atoms with Gasteiger partial charge in [-0.3, -0.25) is 0 Å². The van der Waals surface area contributed by atoms with Crippen molar-refractivity contribution in [2.24, 2.45) is 0 Å². The molecule has 0 saturated carbocycles. The Morgan fingerprint density at radius 2 is 1.21 bits per heavy atom. The van der Waals surface area contributed by atoms with Gasteiger partial charge in [0.2, 0.25) is 0 Å². The van der Waals surface area contributed by atoms with Gasteiger partial charge >= 0.3 is 5.97 Å². The molecule has 0 amide bonds. The fourth-order valence-electron chi connectivity index (χ4n) is 1.92. The van der Waals surface area contributed by atoms with Gasteiger partial charge in [-0.15, -0.1) is 4.91 Å². The molecule has 0 saturated heterocycles. The SMILES string of the molecule is CC/C([S-])=C(/[S-])c1ccccc1.CCOC(=O)/C([S-])=C(/[S-])c1ccccc1.[Ni].